The third kappa shape index (κ3) is 8.23. The third-order valence-electron chi connectivity index (χ3n) is 11.6. The second-order valence-corrected chi connectivity index (χ2v) is 20.7. The Kier molecular flexibility index (Phi) is 12.3. The number of allylic oxidation sites excluding steroid dienone is 3. The number of nitrogens with one attached hydrogen (secondary N) is 1. The topological polar surface area (TPSA) is 145 Å². The fourth-order valence-corrected chi connectivity index (χ4v) is 12.6. The predicted octanol–water partition coefficient (Wildman–Crippen LogP) is 7.00. The Labute approximate surface area is 331 Å². The van der Waals surface area contributed by atoms with E-state index in [1.54, 1.807) is 36.1 Å². The normalized spacial score (nSPS) is 20.7. The molecule has 6 rings (SSSR count). The molecule has 0 unspecified atom stereocenters. The van der Waals surface area contributed by atoms with Crippen LogP contribution in [0.15, 0.2) is 96.2 Å². The van der Waals surface area contributed by atoms with Crippen molar-refractivity contribution in [2.75, 3.05) is 36.2 Å². The summed E-state index contributed by atoms with van der Waals surface area (Å²) in [4.78, 5) is 30.6. The van der Waals surface area contributed by atoms with E-state index < -0.39 is 13.7 Å². The van der Waals surface area contributed by atoms with Gasteiger partial charge in [0.25, 0.3) is 11.8 Å². The Balaban J connectivity index is 1.42. The Hall–Kier alpha value is -5.04. The number of carbonyl (C=O) groups is 2. The SMILES string of the molecule is COc1ccc([Si](C)(C)[C@@H]2[C@@H](CCn3cc(CCO)nn3)O[C@]3(C(=O)N(C/C=C(\C)CCC=C(C)C)c4ccc(NC(=O)c5ccc(N)cc5)cc43)[C@H]2C)cc1. The molecule has 4 N–H and O–H groups in total. The maximum atomic E-state index is 15.3. The van der Waals surface area contributed by atoms with Gasteiger partial charge in [0.15, 0.2) is 5.60 Å². The lowest BCUT2D eigenvalue weighted by atomic mass is 9.82. The van der Waals surface area contributed by atoms with Crippen molar-refractivity contribution in [3.63, 3.8) is 0 Å². The van der Waals surface area contributed by atoms with Gasteiger partial charge in [-0.3, -0.25) is 14.3 Å². The average Bonchev–Trinajstić information content (AvgIpc) is 3.82. The van der Waals surface area contributed by atoms with Gasteiger partial charge in [0.2, 0.25) is 0 Å². The fourth-order valence-electron chi connectivity index (χ4n) is 8.55. The van der Waals surface area contributed by atoms with Gasteiger partial charge in [0.05, 0.1) is 32.7 Å². The second kappa shape index (κ2) is 17.0. The van der Waals surface area contributed by atoms with E-state index in [-0.39, 0.29) is 36.0 Å². The van der Waals surface area contributed by atoms with E-state index in [1.807, 2.05) is 41.4 Å². The first-order chi connectivity index (χ1) is 26.8. The van der Waals surface area contributed by atoms with Crippen molar-refractivity contribution in [1.29, 1.82) is 0 Å². The van der Waals surface area contributed by atoms with Crippen molar-refractivity contribution in [2.24, 2.45) is 5.92 Å². The smallest absolute Gasteiger partial charge is 0.264 e. The molecule has 296 valence electrons. The van der Waals surface area contributed by atoms with Crippen molar-refractivity contribution in [3.8, 4) is 5.75 Å². The van der Waals surface area contributed by atoms with E-state index in [0.717, 1.165) is 35.5 Å². The lowest BCUT2D eigenvalue weighted by molar-refractivity contribution is -0.145. The van der Waals surface area contributed by atoms with Gasteiger partial charge in [-0.05, 0) is 100 Å². The van der Waals surface area contributed by atoms with E-state index >= 15 is 4.79 Å². The highest BCUT2D eigenvalue weighted by molar-refractivity contribution is 6.91. The molecule has 11 nitrogen and oxygen atoms in total. The minimum absolute atomic E-state index is 0.00119. The lowest BCUT2D eigenvalue weighted by Crippen LogP contribution is -2.52. The number of hydrogen-bond acceptors (Lipinski definition) is 8. The molecule has 12 heteroatoms. The van der Waals surface area contributed by atoms with Gasteiger partial charge < -0.3 is 30.5 Å². The number of aromatic nitrogens is 3. The number of anilines is 3. The molecule has 2 aliphatic heterocycles. The molecular weight excluding hydrogens is 721 g/mol. The minimum Gasteiger partial charge on any atom is -0.497 e. The molecule has 1 aromatic heterocycles. The number of benzene rings is 3. The number of aryl methyl sites for hydroxylation is 1. The number of amides is 2. The number of nitrogens with two attached hydrogens (primary N) is 1. The molecule has 2 aliphatic rings. The molecule has 3 heterocycles. The Morgan fingerprint density at radius 3 is 2.48 bits per heavy atom. The zero-order valence-electron chi connectivity index (χ0n) is 33.7. The number of aliphatic hydroxyl groups excluding tert-OH is 1. The molecule has 0 bridgehead atoms. The van der Waals surface area contributed by atoms with Crippen LogP contribution < -0.4 is 25.9 Å². The Morgan fingerprint density at radius 1 is 1.07 bits per heavy atom. The monoisotopic (exact) mass is 776 g/mol. The molecule has 4 atom stereocenters. The van der Waals surface area contributed by atoms with Crippen LogP contribution in [-0.2, 0) is 28.1 Å². The van der Waals surface area contributed by atoms with Crippen LogP contribution >= 0.6 is 0 Å². The number of aliphatic hydroxyl groups is 1. The van der Waals surface area contributed by atoms with Crippen molar-refractivity contribution >= 4 is 42.1 Å². The summed E-state index contributed by atoms with van der Waals surface area (Å²) in [6.45, 7) is 14.2. The van der Waals surface area contributed by atoms with Gasteiger partial charge >= 0.3 is 0 Å². The van der Waals surface area contributed by atoms with E-state index in [0.29, 0.717) is 42.9 Å². The number of carbonyl (C=O) groups excluding carboxylic acids is 2. The van der Waals surface area contributed by atoms with Crippen LogP contribution in [0, 0.1) is 5.92 Å². The summed E-state index contributed by atoms with van der Waals surface area (Å²) >= 11 is 0. The molecule has 56 heavy (non-hydrogen) atoms. The number of nitrogen functional groups attached to an aromatic ring is 1. The van der Waals surface area contributed by atoms with Gasteiger partial charge in [0.1, 0.15) is 5.75 Å². The first-order valence-corrected chi connectivity index (χ1v) is 22.6. The summed E-state index contributed by atoms with van der Waals surface area (Å²) in [7, 11) is -0.728. The maximum absolute atomic E-state index is 15.3. The summed E-state index contributed by atoms with van der Waals surface area (Å²) in [5.74, 6) is 0.209. The molecular formula is C44H56N6O5Si. The predicted molar refractivity (Wildman–Crippen MR) is 225 cm³/mol. The number of hydrogen-bond donors (Lipinski definition) is 3. The van der Waals surface area contributed by atoms with Crippen molar-refractivity contribution in [2.45, 2.75) is 90.3 Å². The molecule has 3 aromatic carbocycles. The first-order valence-electron chi connectivity index (χ1n) is 19.5. The largest absolute Gasteiger partial charge is 0.497 e. The highest BCUT2D eigenvalue weighted by Crippen LogP contribution is 2.60. The summed E-state index contributed by atoms with van der Waals surface area (Å²) in [5, 5.41) is 22.4. The molecule has 1 spiro atoms. The highest BCUT2D eigenvalue weighted by atomic mass is 28.3. The van der Waals surface area contributed by atoms with Crippen LogP contribution in [0.4, 0.5) is 17.1 Å². The number of fused-ring (bicyclic) bond motifs is 2. The van der Waals surface area contributed by atoms with E-state index in [4.69, 9.17) is 15.2 Å². The van der Waals surface area contributed by atoms with E-state index in [9.17, 15) is 9.90 Å². The number of methoxy groups -OCH3 is 1. The second-order valence-electron chi connectivity index (χ2n) is 16.0. The van der Waals surface area contributed by atoms with Gasteiger partial charge in [-0.1, -0.05) is 65.8 Å². The Bertz CT molecular complexity index is 2090. The summed E-state index contributed by atoms with van der Waals surface area (Å²) in [6.07, 6.45) is 8.83. The molecule has 0 saturated carbocycles. The maximum Gasteiger partial charge on any atom is 0.264 e. The van der Waals surface area contributed by atoms with Crippen LogP contribution in [0.2, 0.25) is 18.6 Å². The van der Waals surface area contributed by atoms with Crippen LogP contribution in [0.25, 0.3) is 0 Å². The molecule has 1 saturated heterocycles. The van der Waals surface area contributed by atoms with Crippen LogP contribution in [0.3, 0.4) is 0 Å². The van der Waals surface area contributed by atoms with Crippen LogP contribution in [0.1, 0.15) is 68.6 Å². The number of nitrogens with zero attached hydrogens (tertiary/aromatic N) is 4. The van der Waals surface area contributed by atoms with Gasteiger partial charge in [-0.15, -0.1) is 5.10 Å². The van der Waals surface area contributed by atoms with Crippen LogP contribution in [0.5, 0.6) is 5.75 Å². The third-order valence-corrected chi connectivity index (χ3v) is 15.9. The molecule has 4 aromatic rings. The van der Waals surface area contributed by atoms with E-state index in [2.05, 4.69) is 80.7 Å². The molecule has 0 radical (unpaired) electrons. The number of ether oxygens (including phenoxy) is 2. The lowest BCUT2D eigenvalue weighted by Gasteiger charge is -2.37. The highest BCUT2D eigenvalue weighted by Gasteiger charge is 2.66. The first kappa shape index (κ1) is 40.6. The fraction of sp³-hybridized carbons (Fsp3) is 0.409. The van der Waals surface area contributed by atoms with Gasteiger partial charge in [-0.25, -0.2) is 0 Å². The van der Waals surface area contributed by atoms with Gasteiger partial charge in [-0.2, -0.15) is 0 Å². The molecule has 1 fully saturated rings. The van der Waals surface area contributed by atoms with Crippen molar-refractivity contribution < 1.29 is 24.2 Å². The Morgan fingerprint density at radius 2 is 1.80 bits per heavy atom. The summed E-state index contributed by atoms with van der Waals surface area (Å²) < 4.78 is 14.7. The zero-order valence-corrected chi connectivity index (χ0v) is 34.7. The average molecular weight is 777 g/mol. The number of rotatable bonds is 15. The molecule has 2 amide bonds. The summed E-state index contributed by atoms with van der Waals surface area (Å²) in [5.41, 5.74) is 11.0. The standard InChI is InChI=1S/C44H56N6O5Si/c1-29(2)9-8-10-30(3)21-25-50-39-20-15-34(46-42(52)32-11-13-33(45)14-12-32)27-38(39)44(43(50)53)31(4)41(56(6,7)37-18-16-36(54-5)17-19-37)40(55-44)22-24-49-28-35(23-26-51)47-48-49/h9,11-21,27-28,31,40-41,51H,8,10,22-26,45H2,1-7H3,(H,46,52)/b30-21+/t31-,40+,41-,44+/m0/s1. The summed E-state index contributed by atoms with van der Waals surface area (Å²) in [6, 6.07) is 20.9. The van der Waals surface area contributed by atoms with Crippen molar-refractivity contribution in [1.82, 2.24) is 15.0 Å². The molecule has 0 aliphatic carbocycles. The van der Waals surface area contributed by atoms with E-state index in [1.165, 1.54) is 16.3 Å². The minimum atomic E-state index is -2.40. The van der Waals surface area contributed by atoms with Gasteiger partial charge in [0, 0.05) is 60.7 Å². The quantitative estimate of drug-likeness (QED) is 0.0665. The van der Waals surface area contributed by atoms with Crippen LogP contribution in [-0.4, -0.2) is 66.4 Å². The van der Waals surface area contributed by atoms with Crippen molar-refractivity contribution in [3.05, 3.63) is 113 Å². The zero-order chi connectivity index (χ0) is 40.2.